The van der Waals surface area contributed by atoms with E-state index >= 15 is 0 Å². The van der Waals surface area contributed by atoms with Crippen molar-refractivity contribution in [3.05, 3.63) is 69.8 Å². The Morgan fingerprint density at radius 3 is 2.32 bits per heavy atom. The van der Waals surface area contributed by atoms with E-state index in [2.05, 4.69) is 10.8 Å². The van der Waals surface area contributed by atoms with Gasteiger partial charge in [-0.1, -0.05) is 18.2 Å². The summed E-state index contributed by atoms with van der Waals surface area (Å²) in [5.74, 6) is 0. The maximum Gasteiger partial charge on any atom is 0.416 e. The van der Waals surface area contributed by atoms with Crippen LogP contribution in [0.1, 0.15) is 65.1 Å². The van der Waals surface area contributed by atoms with Crippen LogP contribution in [0.5, 0.6) is 0 Å². The largest absolute Gasteiger partial charge is 0.445 e. The number of alkyl carbamates (subject to hydrolysis) is 1. The molecule has 2 atom stereocenters. The maximum absolute atomic E-state index is 13.0. The van der Waals surface area contributed by atoms with Crippen LogP contribution in [0.3, 0.4) is 0 Å². The summed E-state index contributed by atoms with van der Waals surface area (Å²) in [6.45, 7) is 0.397. The lowest BCUT2D eigenvalue weighted by atomic mass is 10.0. The van der Waals surface area contributed by atoms with Gasteiger partial charge in [-0.25, -0.2) is 4.79 Å². The van der Waals surface area contributed by atoms with Crippen LogP contribution in [-0.4, -0.2) is 19.0 Å². The summed E-state index contributed by atoms with van der Waals surface area (Å²) in [6.07, 6.45) is -6.98. The lowest BCUT2D eigenvalue weighted by molar-refractivity contribution is -0.198. The van der Waals surface area contributed by atoms with Crippen LogP contribution in [0.25, 0.3) is 0 Å². The molecule has 1 aliphatic carbocycles. The van der Waals surface area contributed by atoms with Crippen molar-refractivity contribution in [2.45, 2.75) is 69.9 Å². The van der Waals surface area contributed by atoms with Crippen molar-refractivity contribution in [2.24, 2.45) is 0 Å². The molecule has 4 rings (SSSR count). The van der Waals surface area contributed by atoms with Gasteiger partial charge in [-0.05, 0) is 66.1 Å². The zero-order valence-corrected chi connectivity index (χ0v) is 19.7. The van der Waals surface area contributed by atoms with Crippen LogP contribution in [-0.2, 0) is 46.2 Å². The molecule has 1 saturated heterocycles. The van der Waals surface area contributed by atoms with Crippen molar-refractivity contribution in [3.63, 3.8) is 0 Å². The standard InChI is InChI=1S/C25H26F6N2O4/c26-24(27,28)18-10-16(11-19(12-18)25(29,30)31)14-36-23(34)33-21-7-5-17-9-15(4-6-20(17)21)13-32-37-22-3-1-2-8-35-22/h4,6,9-12,21-22,32H,1-3,5,7-8,13-14H2,(H,33,34). The minimum atomic E-state index is -4.98. The second-order valence-electron chi connectivity index (χ2n) is 8.99. The Kier molecular flexibility index (Phi) is 8.29. The number of rotatable bonds is 7. The molecule has 1 heterocycles. The highest BCUT2D eigenvalue weighted by atomic mass is 19.4. The molecule has 2 aromatic carbocycles. The molecule has 202 valence electrons. The van der Waals surface area contributed by atoms with E-state index in [9.17, 15) is 31.1 Å². The van der Waals surface area contributed by atoms with Gasteiger partial charge >= 0.3 is 18.4 Å². The Bertz CT molecular complexity index is 1070. The SMILES string of the molecule is O=C(NC1CCc2cc(CNOC3CCCCO3)ccc21)OCc1cc(C(F)(F)F)cc(C(F)(F)F)c1. The second kappa shape index (κ2) is 11.3. The summed E-state index contributed by atoms with van der Waals surface area (Å²) in [7, 11) is 0. The summed E-state index contributed by atoms with van der Waals surface area (Å²) < 4.78 is 88.6. The third kappa shape index (κ3) is 7.36. The Hall–Kier alpha value is -2.83. The average Bonchev–Trinajstić information content (AvgIpc) is 3.24. The van der Waals surface area contributed by atoms with Gasteiger partial charge in [-0.15, -0.1) is 0 Å². The molecule has 0 radical (unpaired) electrons. The topological polar surface area (TPSA) is 68.8 Å². The lowest BCUT2D eigenvalue weighted by Crippen LogP contribution is -2.29. The first kappa shape index (κ1) is 27.2. The number of ether oxygens (including phenoxy) is 2. The van der Waals surface area contributed by atoms with Crippen molar-refractivity contribution in [1.82, 2.24) is 10.8 Å². The molecular weight excluding hydrogens is 506 g/mol. The molecule has 1 amide bonds. The molecule has 6 nitrogen and oxygen atoms in total. The first-order valence-electron chi connectivity index (χ1n) is 11.8. The quantitative estimate of drug-likeness (QED) is 0.329. The van der Waals surface area contributed by atoms with Crippen LogP contribution in [0, 0.1) is 0 Å². The Morgan fingerprint density at radius 1 is 0.946 bits per heavy atom. The number of carbonyl (C=O) groups is 1. The van der Waals surface area contributed by atoms with Gasteiger partial charge in [0.1, 0.15) is 6.61 Å². The number of benzene rings is 2. The third-order valence-electron chi connectivity index (χ3n) is 6.22. The predicted octanol–water partition coefficient (Wildman–Crippen LogP) is 6.19. The van der Waals surface area contributed by atoms with Crippen molar-refractivity contribution >= 4 is 6.09 Å². The molecule has 2 aliphatic rings. The number of fused-ring (bicyclic) bond motifs is 1. The molecule has 0 saturated carbocycles. The van der Waals surface area contributed by atoms with Gasteiger partial charge in [0.2, 0.25) is 0 Å². The van der Waals surface area contributed by atoms with Crippen LogP contribution in [0.15, 0.2) is 36.4 Å². The molecule has 0 aromatic heterocycles. The fraction of sp³-hybridized carbons (Fsp3) is 0.480. The van der Waals surface area contributed by atoms with Gasteiger partial charge in [0.05, 0.1) is 17.2 Å². The highest BCUT2D eigenvalue weighted by Crippen LogP contribution is 2.36. The van der Waals surface area contributed by atoms with Crippen molar-refractivity contribution < 1.29 is 45.4 Å². The summed E-state index contributed by atoms with van der Waals surface area (Å²) in [6, 6.07) is 6.44. The number of alkyl halides is 6. The summed E-state index contributed by atoms with van der Waals surface area (Å²) in [5, 5.41) is 2.64. The van der Waals surface area contributed by atoms with E-state index in [0.717, 1.165) is 36.0 Å². The molecule has 1 fully saturated rings. The number of halogens is 6. The van der Waals surface area contributed by atoms with Gasteiger partial charge in [0.25, 0.3) is 0 Å². The fourth-order valence-corrected chi connectivity index (χ4v) is 4.39. The molecule has 2 N–H and O–H groups in total. The number of amides is 1. The second-order valence-corrected chi connectivity index (χ2v) is 8.99. The van der Waals surface area contributed by atoms with Crippen LogP contribution >= 0.6 is 0 Å². The summed E-state index contributed by atoms with van der Waals surface area (Å²) >= 11 is 0. The highest BCUT2D eigenvalue weighted by molar-refractivity contribution is 5.68. The molecule has 0 spiro atoms. The van der Waals surface area contributed by atoms with Gasteiger partial charge in [0, 0.05) is 19.6 Å². The molecule has 12 heteroatoms. The number of nitrogens with one attached hydrogen (secondary N) is 2. The molecule has 2 unspecified atom stereocenters. The summed E-state index contributed by atoms with van der Waals surface area (Å²) in [5.41, 5.74) is 2.43. The number of carbonyl (C=O) groups excluding carboxylic acids is 1. The van der Waals surface area contributed by atoms with Gasteiger partial charge < -0.3 is 14.8 Å². The van der Waals surface area contributed by atoms with Crippen molar-refractivity contribution in [1.29, 1.82) is 0 Å². The van der Waals surface area contributed by atoms with E-state index < -0.39 is 41.7 Å². The lowest BCUT2D eigenvalue weighted by Gasteiger charge is -2.22. The monoisotopic (exact) mass is 532 g/mol. The Morgan fingerprint density at radius 2 is 1.68 bits per heavy atom. The zero-order valence-electron chi connectivity index (χ0n) is 19.7. The first-order chi connectivity index (χ1) is 17.5. The highest BCUT2D eigenvalue weighted by Gasteiger charge is 2.37. The average molecular weight is 532 g/mol. The van der Waals surface area contributed by atoms with Crippen molar-refractivity contribution in [3.8, 4) is 0 Å². The van der Waals surface area contributed by atoms with Crippen LogP contribution < -0.4 is 10.8 Å². The minimum absolute atomic E-state index is 0.0265. The van der Waals surface area contributed by atoms with Gasteiger partial charge in [-0.2, -0.15) is 31.8 Å². The summed E-state index contributed by atoms with van der Waals surface area (Å²) in [4.78, 5) is 17.8. The molecule has 0 bridgehead atoms. The van der Waals surface area contributed by atoms with Crippen molar-refractivity contribution in [2.75, 3.05) is 6.61 Å². The van der Waals surface area contributed by atoms with E-state index in [-0.39, 0.29) is 18.4 Å². The fourth-order valence-electron chi connectivity index (χ4n) is 4.39. The number of hydrogen-bond acceptors (Lipinski definition) is 5. The molecule has 2 aromatic rings. The first-order valence-corrected chi connectivity index (χ1v) is 11.8. The minimum Gasteiger partial charge on any atom is -0.445 e. The van der Waals surface area contributed by atoms with E-state index in [1.54, 1.807) is 0 Å². The third-order valence-corrected chi connectivity index (χ3v) is 6.22. The maximum atomic E-state index is 13.0. The van der Waals surface area contributed by atoms with Gasteiger partial charge in [0.15, 0.2) is 6.29 Å². The van der Waals surface area contributed by atoms with E-state index in [0.29, 0.717) is 38.1 Å². The zero-order chi connectivity index (χ0) is 26.6. The number of aryl methyl sites for hydroxylation is 1. The Labute approximate surface area is 209 Å². The van der Waals surface area contributed by atoms with E-state index in [1.165, 1.54) is 0 Å². The normalized spacial score (nSPS) is 19.9. The smallest absolute Gasteiger partial charge is 0.416 e. The molecule has 37 heavy (non-hydrogen) atoms. The van der Waals surface area contributed by atoms with E-state index in [4.69, 9.17) is 14.3 Å². The number of hydrogen-bond donors (Lipinski definition) is 2. The Balaban J connectivity index is 1.31. The van der Waals surface area contributed by atoms with Crippen LogP contribution in [0.2, 0.25) is 0 Å². The van der Waals surface area contributed by atoms with E-state index in [1.807, 2.05) is 18.2 Å². The van der Waals surface area contributed by atoms with Crippen LogP contribution in [0.4, 0.5) is 31.1 Å². The molecular formula is C25H26F6N2O4. The van der Waals surface area contributed by atoms with Gasteiger partial charge in [-0.3, -0.25) is 4.84 Å². The molecule has 1 aliphatic heterocycles. The number of hydroxylamine groups is 1. The predicted molar refractivity (Wildman–Crippen MR) is 119 cm³/mol.